The van der Waals surface area contributed by atoms with E-state index in [1.165, 1.54) is 27.8 Å². The molecule has 2 aromatic heterocycles. The van der Waals surface area contributed by atoms with Crippen molar-refractivity contribution in [1.29, 1.82) is 0 Å². The van der Waals surface area contributed by atoms with Gasteiger partial charge in [0.1, 0.15) is 11.6 Å². The van der Waals surface area contributed by atoms with Gasteiger partial charge in [-0.05, 0) is 124 Å². The first-order valence-corrected chi connectivity index (χ1v) is 18.1. The van der Waals surface area contributed by atoms with Gasteiger partial charge in [-0.1, -0.05) is 108 Å². The van der Waals surface area contributed by atoms with Crippen LogP contribution in [-0.2, 0) is 10.8 Å². The van der Waals surface area contributed by atoms with E-state index in [9.17, 15) is 5.11 Å². The maximum Gasteiger partial charge on any atom is 0.149 e. The minimum Gasteiger partial charge on any atom is -0.507 e. The van der Waals surface area contributed by atoms with Crippen LogP contribution in [0.3, 0.4) is 0 Å². The van der Waals surface area contributed by atoms with Crippen molar-refractivity contribution in [3.8, 4) is 56.3 Å². The highest BCUT2D eigenvalue weighted by Crippen LogP contribution is 2.41. The molecule has 260 valence electrons. The Labute approximate surface area is 308 Å². The number of phenolic OH excluding ortho intramolecular Hbond substituents is 1. The van der Waals surface area contributed by atoms with Crippen molar-refractivity contribution in [3.63, 3.8) is 0 Å². The normalized spacial score (nSPS) is 12.4. The molecule has 0 saturated carbocycles. The summed E-state index contributed by atoms with van der Waals surface area (Å²) in [6.45, 7) is 17.8. The molecule has 0 bridgehead atoms. The van der Waals surface area contributed by atoms with Crippen LogP contribution < -0.4 is 0 Å². The number of hydrogen-bond donors (Lipinski definition) is 1. The van der Waals surface area contributed by atoms with Gasteiger partial charge >= 0.3 is 0 Å². The average molecular weight is 682 g/mol. The molecule has 0 aliphatic carbocycles. The lowest BCUT2D eigenvalue weighted by Crippen LogP contribution is -2.17. The molecular formula is C48H47N3O. The Morgan fingerprint density at radius 3 is 1.87 bits per heavy atom. The van der Waals surface area contributed by atoms with Crippen LogP contribution in [0.4, 0.5) is 0 Å². The van der Waals surface area contributed by atoms with Crippen LogP contribution >= 0.6 is 0 Å². The lowest BCUT2D eigenvalue weighted by molar-refractivity contribution is 0.477. The maximum absolute atomic E-state index is 11.3. The Morgan fingerprint density at radius 2 is 1.23 bits per heavy atom. The monoisotopic (exact) mass is 681 g/mol. The van der Waals surface area contributed by atoms with E-state index in [0.717, 1.165) is 44.7 Å². The number of nitrogens with zero attached hydrogens (tertiary/aromatic N) is 3. The van der Waals surface area contributed by atoms with Gasteiger partial charge in [0.15, 0.2) is 0 Å². The zero-order chi connectivity index (χ0) is 36.8. The largest absolute Gasteiger partial charge is 0.507 e. The fourth-order valence-electron chi connectivity index (χ4n) is 6.90. The van der Waals surface area contributed by atoms with Crippen molar-refractivity contribution in [2.24, 2.45) is 0 Å². The first-order chi connectivity index (χ1) is 24.8. The molecule has 2 heterocycles. The third kappa shape index (κ3) is 6.57. The number of allylic oxidation sites excluding steroid dienone is 2. The number of imidazole rings is 1. The van der Waals surface area contributed by atoms with Gasteiger partial charge in [-0.15, -0.1) is 0 Å². The molecule has 0 radical (unpaired) electrons. The molecule has 0 aliphatic rings. The van der Waals surface area contributed by atoms with E-state index in [0.29, 0.717) is 11.4 Å². The second kappa shape index (κ2) is 13.4. The van der Waals surface area contributed by atoms with Crippen LogP contribution in [0.2, 0.25) is 0 Å². The molecule has 4 nitrogen and oxygen atoms in total. The van der Waals surface area contributed by atoms with Crippen molar-refractivity contribution in [3.05, 3.63) is 150 Å². The van der Waals surface area contributed by atoms with Gasteiger partial charge in [-0.3, -0.25) is 9.55 Å². The third-order valence-corrected chi connectivity index (χ3v) is 10.0. The fraction of sp³-hybridized carbons (Fsp3) is 0.208. The Balaban J connectivity index is 1.56. The number of fused-ring (bicyclic) bond motifs is 1. The topological polar surface area (TPSA) is 50.9 Å². The summed E-state index contributed by atoms with van der Waals surface area (Å²) in [5.74, 6) is 0.889. The van der Waals surface area contributed by atoms with Crippen molar-refractivity contribution in [2.45, 2.75) is 66.2 Å². The summed E-state index contributed by atoms with van der Waals surface area (Å²) in [6, 6.07) is 42.2. The number of hydrogen-bond acceptors (Lipinski definition) is 3. The molecule has 4 heteroatoms. The number of rotatable bonds is 6. The molecule has 0 unspecified atom stereocenters. The summed E-state index contributed by atoms with van der Waals surface area (Å²) < 4.78 is 2.23. The van der Waals surface area contributed by atoms with E-state index in [1.54, 1.807) is 6.07 Å². The average Bonchev–Trinajstić information content (AvgIpc) is 3.53. The van der Waals surface area contributed by atoms with Crippen LogP contribution in [0.25, 0.3) is 67.2 Å². The Kier molecular flexibility index (Phi) is 8.96. The fourth-order valence-corrected chi connectivity index (χ4v) is 6.90. The third-order valence-electron chi connectivity index (χ3n) is 10.0. The molecule has 0 aliphatic heterocycles. The zero-order valence-electron chi connectivity index (χ0n) is 31.5. The highest BCUT2D eigenvalue weighted by atomic mass is 16.3. The number of para-hydroxylation sites is 2. The summed E-state index contributed by atoms with van der Waals surface area (Å²) in [5.41, 5.74) is 14.6. The van der Waals surface area contributed by atoms with E-state index >= 15 is 0 Å². The SMILES string of the molecule is C/C=C(\C)c1ccccc1-c1cc(-c2ccccn2)cc(-c2cccc3c2nc(-c2ccccc2O)n3-c2cc(C(C)(C)C)cc(C(C)(C)C)c2)c1. The summed E-state index contributed by atoms with van der Waals surface area (Å²) in [5, 5.41) is 11.3. The first-order valence-electron chi connectivity index (χ1n) is 18.1. The quantitative estimate of drug-likeness (QED) is 0.190. The summed E-state index contributed by atoms with van der Waals surface area (Å²) in [4.78, 5) is 10.2. The zero-order valence-corrected chi connectivity index (χ0v) is 31.5. The van der Waals surface area contributed by atoms with Crippen LogP contribution in [-0.4, -0.2) is 19.6 Å². The van der Waals surface area contributed by atoms with Crippen molar-refractivity contribution >= 4 is 16.6 Å². The predicted octanol–water partition coefficient (Wildman–Crippen LogP) is 12.8. The predicted molar refractivity (Wildman–Crippen MR) is 219 cm³/mol. The molecule has 52 heavy (non-hydrogen) atoms. The number of pyridine rings is 1. The molecule has 0 saturated heterocycles. The van der Waals surface area contributed by atoms with Gasteiger partial charge in [-0.25, -0.2) is 4.98 Å². The Morgan fingerprint density at radius 1 is 0.635 bits per heavy atom. The minimum absolute atomic E-state index is 0.0729. The maximum atomic E-state index is 11.3. The number of aromatic nitrogens is 3. The van der Waals surface area contributed by atoms with Gasteiger partial charge < -0.3 is 5.11 Å². The second-order valence-electron chi connectivity index (χ2n) is 15.8. The van der Waals surface area contributed by atoms with Crippen molar-refractivity contribution < 1.29 is 5.11 Å². The standard InChI is InChI=1S/C48H47N3O/c1-9-31(2)38-17-10-11-18-39(38)32-25-33(27-34(26-32)42-21-14-15-24-49-42)40-20-16-22-43-45(40)50-46(41-19-12-13-23-44(41)52)51(43)37-29-35(47(3,4)5)28-36(30-37)48(6,7)8/h9-30,52H,1-8H3/b31-9+. The van der Waals surface area contributed by atoms with Gasteiger partial charge in [0.25, 0.3) is 0 Å². The van der Waals surface area contributed by atoms with E-state index in [4.69, 9.17) is 9.97 Å². The van der Waals surface area contributed by atoms with Crippen molar-refractivity contribution in [1.82, 2.24) is 14.5 Å². The van der Waals surface area contributed by atoms with Gasteiger partial charge in [0.2, 0.25) is 0 Å². The summed E-state index contributed by atoms with van der Waals surface area (Å²) in [6.07, 6.45) is 4.01. The van der Waals surface area contributed by atoms with Gasteiger partial charge in [-0.2, -0.15) is 0 Å². The van der Waals surface area contributed by atoms with Gasteiger partial charge in [0.05, 0.1) is 22.3 Å². The molecule has 7 rings (SSSR count). The Hall–Kier alpha value is -5.74. The molecule has 7 aromatic rings. The summed E-state index contributed by atoms with van der Waals surface area (Å²) in [7, 11) is 0. The van der Waals surface area contributed by atoms with E-state index in [-0.39, 0.29) is 16.6 Å². The van der Waals surface area contributed by atoms with Crippen LogP contribution in [0.1, 0.15) is 72.1 Å². The van der Waals surface area contributed by atoms with Crippen molar-refractivity contribution in [2.75, 3.05) is 0 Å². The van der Waals surface area contributed by atoms with E-state index in [1.807, 2.05) is 36.5 Å². The lowest BCUT2D eigenvalue weighted by Gasteiger charge is -2.27. The lowest BCUT2D eigenvalue weighted by atomic mass is 9.80. The molecule has 0 amide bonds. The van der Waals surface area contributed by atoms with E-state index in [2.05, 4.69) is 151 Å². The highest BCUT2D eigenvalue weighted by Gasteiger charge is 2.25. The smallest absolute Gasteiger partial charge is 0.149 e. The summed E-state index contributed by atoms with van der Waals surface area (Å²) >= 11 is 0. The van der Waals surface area contributed by atoms with Crippen LogP contribution in [0.15, 0.2) is 134 Å². The molecule has 0 fully saturated rings. The van der Waals surface area contributed by atoms with Crippen LogP contribution in [0, 0.1) is 0 Å². The van der Waals surface area contributed by atoms with Gasteiger partial charge in [0, 0.05) is 23.0 Å². The molecular weight excluding hydrogens is 635 g/mol. The molecule has 0 spiro atoms. The van der Waals surface area contributed by atoms with Crippen LogP contribution in [0.5, 0.6) is 5.75 Å². The second-order valence-corrected chi connectivity index (χ2v) is 15.8. The number of benzene rings is 5. The molecule has 5 aromatic carbocycles. The first kappa shape index (κ1) is 34.7. The minimum atomic E-state index is -0.0729. The number of aromatic hydroxyl groups is 1. The molecule has 0 atom stereocenters. The van der Waals surface area contributed by atoms with E-state index < -0.39 is 0 Å². The molecule has 1 N–H and O–H groups in total. The number of phenols is 1. The highest BCUT2D eigenvalue weighted by molar-refractivity contribution is 5.98. The Bertz CT molecular complexity index is 2420.